The van der Waals surface area contributed by atoms with Crippen molar-refractivity contribution < 1.29 is 24.3 Å². The maximum absolute atomic E-state index is 11.0. The number of aliphatic hydroxyl groups excluding tert-OH is 2. The van der Waals surface area contributed by atoms with Crippen LogP contribution in [0.5, 0.6) is 5.75 Å². The van der Waals surface area contributed by atoms with Gasteiger partial charge in [0.05, 0.1) is 11.0 Å². The highest BCUT2D eigenvalue weighted by molar-refractivity contribution is 7.15. The molecule has 2 aromatic heterocycles. The van der Waals surface area contributed by atoms with Crippen molar-refractivity contribution in [2.24, 2.45) is 5.73 Å². The Kier molecular flexibility index (Phi) is 7.85. The highest BCUT2D eigenvalue weighted by Crippen LogP contribution is 2.34. The van der Waals surface area contributed by atoms with Crippen LogP contribution in [0.2, 0.25) is 0 Å². The number of primary amides is 1. The van der Waals surface area contributed by atoms with Gasteiger partial charge >= 0.3 is 0 Å². The molecule has 2 atom stereocenters. The maximum atomic E-state index is 11.0. The fourth-order valence-corrected chi connectivity index (χ4v) is 5.43. The van der Waals surface area contributed by atoms with Gasteiger partial charge in [-0.2, -0.15) is 4.98 Å². The van der Waals surface area contributed by atoms with E-state index in [4.69, 9.17) is 15.0 Å². The summed E-state index contributed by atoms with van der Waals surface area (Å²) in [5.74, 6) is 0.744. The average molecular weight is 501 g/mol. The van der Waals surface area contributed by atoms with Crippen LogP contribution < -0.4 is 10.5 Å². The largest absolute Gasteiger partial charge is 0.490 e. The number of rotatable bonds is 10. The van der Waals surface area contributed by atoms with Gasteiger partial charge in [-0.25, -0.2) is 0 Å². The number of thiophene rings is 1. The van der Waals surface area contributed by atoms with Crippen LogP contribution in [-0.4, -0.2) is 63.1 Å². The number of aromatic nitrogens is 2. The van der Waals surface area contributed by atoms with E-state index in [1.54, 1.807) is 11.3 Å². The predicted octanol–water partition coefficient (Wildman–Crippen LogP) is 2.96. The maximum Gasteiger partial charge on any atom is 0.268 e. The molecule has 35 heavy (non-hydrogen) atoms. The Hall–Kier alpha value is -2.79. The van der Waals surface area contributed by atoms with Crippen LogP contribution in [0.1, 0.15) is 40.8 Å². The Morgan fingerprint density at radius 3 is 2.51 bits per heavy atom. The lowest BCUT2D eigenvalue weighted by molar-refractivity contribution is -0.127. The molecule has 0 bridgehead atoms. The minimum atomic E-state index is -1.41. The average Bonchev–Trinajstić information content (AvgIpc) is 3.55. The molecule has 0 spiro atoms. The van der Waals surface area contributed by atoms with Gasteiger partial charge in [0.25, 0.3) is 5.89 Å². The number of aryl methyl sites for hydroxylation is 3. The second-order valence-electron chi connectivity index (χ2n) is 9.18. The van der Waals surface area contributed by atoms with Crippen LogP contribution in [0.4, 0.5) is 0 Å². The third-order valence-electron chi connectivity index (χ3n) is 6.19. The third kappa shape index (κ3) is 6.07. The van der Waals surface area contributed by atoms with E-state index in [0.29, 0.717) is 17.5 Å². The summed E-state index contributed by atoms with van der Waals surface area (Å²) in [5, 5.41) is 23.7. The predicted molar refractivity (Wildman–Crippen MR) is 133 cm³/mol. The number of carbonyl (C=O) groups excluding carboxylic acids is 1. The van der Waals surface area contributed by atoms with Crippen molar-refractivity contribution in [2.75, 3.05) is 19.7 Å². The molecule has 3 aromatic rings. The zero-order valence-corrected chi connectivity index (χ0v) is 21.1. The van der Waals surface area contributed by atoms with Crippen molar-refractivity contribution in [3.05, 3.63) is 39.8 Å². The molecule has 4 rings (SSSR count). The van der Waals surface area contributed by atoms with Crippen LogP contribution in [0.25, 0.3) is 22.2 Å². The molecule has 188 valence electrons. The first kappa shape index (κ1) is 25.3. The lowest BCUT2D eigenvalue weighted by Gasteiger charge is -2.17. The quantitative estimate of drug-likeness (QED) is 0.387. The number of ether oxygens (including phenoxy) is 1. The highest BCUT2D eigenvalue weighted by Gasteiger charge is 2.20. The van der Waals surface area contributed by atoms with Gasteiger partial charge in [-0.15, -0.1) is 11.3 Å². The zero-order chi connectivity index (χ0) is 25.1. The van der Waals surface area contributed by atoms with Crippen LogP contribution in [-0.2, 0) is 11.3 Å². The fourth-order valence-electron chi connectivity index (χ4n) is 4.30. The number of nitrogens with zero attached hydrogens (tertiary/aromatic N) is 3. The molecule has 9 nitrogen and oxygen atoms in total. The van der Waals surface area contributed by atoms with E-state index in [1.807, 2.05) is 26.0 Å². The first-order chi connectivity index (χ1) is 16.7. The normalized spacial score (nSPS) is 15.9. The molecule has 1 saturated heterocycles. The summed E-state index contributed by atoms with van der Waals surface area (Å²) in [6.45, 7) is 9.12. The number of hydrogen-bond acceptors (Lipinski definition) is 9. The number of amides is 1. The second-order valence-corrected chi connectivity index (χ2v) is 10.3. The second kappa shape index (κ2) is 10.9. The van der Waals surface area contributed by atoms with Crippen LogP contribution in [0.3, 0.4) is 0 Å². The van der Waals surface area contributed by atoms with Crippen molar-refractivity contribution in [2.45, 2.75) is 58.8 Å². The molecule has 1 amide bonds. The highest BCUT2D eigenvalue weighted by atomic mass is 32.1. The molecule has 1 aromatic carbocycles. The minimum absolute atomic E-state index is 0.0742. The fraction of sp³-hybridized carbons (Fsp3) is 0.480. The van der Waals surface area contributed by atoms with Crippen molar-refractivity contribution in [3.63, 3.8) is 0 Å². The Morgan fingerprint density at radius 1 is 1.17 bits per heavy atom. The molecule has 4 N–H and O–H groups in total. The number of benzene rings is 1. The van der Waals surface area contributed by atoms with E-state index in [2.05, 4.69) is 28.0 Å². The molecule has 10 heteroatoms. The molecule has 1 aliphatic rings. The molecule has 0 radical (unpaired) electrons. The lowest BCUT2D eigenvalue weighted by atomic mass is 10.1. The van der Waals surface area contributed by atoms with Gasteiger partial charge in [0, 0.05) is 23.4 Å². The first-order valence-corrected chi connectivity index (χ1v) is 12.6. The van der Waals surface area contributed by atoms with Crippen molar-refractivity contribution >= 4 is 17.2 Å². The van der Waals surface area contributed by atoms with Crippen molar-refractivity contribution in [1.82, 2.24) is 15.0 Å². The topological polar surface area (TPSA) is 135 Å². The van der Waals surface area contributed by atoms with Gasteiger partial charge in [0.15, 0.2) is 0 Å². The number of likely N-dealkylation sites (tertiary alicyclic amines) is 1. The lowest BCUT2D eigenvalue weighted by Crippen LogP contribution is -2.33. The van der Waals surface area contributed by atoms with Crippen LogP contribution >= 0.6 is 11.3 Å². The monoisotopic (exact) mass is 500 g/mol. The van der Waals surface area contributed by atoms with Gasteiger partial charge in [0.2, 0.25) is 11.7 Å². The third-order valence-corrected chi connectivity index (χ3v) is 7.40. The summed E-state index contributed by atoms with van der Waals surface area (Å²) in [4.78, 5) is 20.4. The molecule has 0 aliphatic carbocycles. The Labute approximate surface area is 208 Å². The molecule has 0 saturated carbocycles. The summed E-state index contributed by atoms with van der Waals surface area (Å²) in [6.07, 6.45) is -0.0776. The van der Waals surface area contributed by atoms with Gasteiger partial charge in [-0.3, -0.25) is 9.69 Å². The Morgan fingerprint density at radius 2 is 1.86 bits per heavy atom. The summed E-state index contributed by atoms with van der Waals surface area (Å²) >= 11 is 1.70. The van der Waals surface area contributed by atoms with Crippen LogP contribution in [0, 0.1) is 20.8 Å². The smallest absolute Gasteiger partial charge is 0.268 e. The molecule has 1 fully saturated rings. The van der Waals surface area contributed by atoms with Gasteiger partial charge in [0.1, 0.15) is 18.5 Å². The number of nitrogens with two attached hydrogens (primary N) is 1. The SMILES string of the molecule is Cc1cc(-c2nc(-c3cc(C)c(OC[C@H](O)CC(O)C(N)=O)c(C)c3)no2)sc1CN1CCCC1. The summed E-state index contributed by atoms with van der Waals surface area (Å²) in [5.41, 5.74) is 8.76. The van der Waals surface area contributed by atoms with E-state index >= 15 is 0 Å². The van der Waals surface area contributed by atoms with E-state index in [-0.39, 0.29) is 13.0 Å². The zero-order valence-electron chi connectivity index (χ0n) is 20.3. The number of aliphatic hydroxyl groups is 2. The molecule has 1 unspecified atom stereocenters. The molecular formula is C25H32N4O5S. The van der Waals surface area contributed by atoms with Crippen molar-refractivity contribution in [1.29, 1.82) is 0 Å². The van der Waals surface area contributed by atoms with Gasteiger partial charge < -0.3 is 25.2 Å². The van der Waals surface area contributed by atoms with Crippen molar-refractivity contribution in [3.8, 4) is 27.9 Å². The van der Waals surface area contributed by atoms with Crippen LogP contribution in [0.15, 0.2) is 22.7 Å². The first-order valence-electron chi connectivity index (χ1n) is 11.8. The Balaban J connectivity index is 1.45. The molecule has 1 aliphatic heterocycles. The van der Waals surface area contributed by atoms with E-state index in [0.717, 1.165) is 41.2 Å². The summed E-state index contributed by atoms with van der Waals surface area (Å²) < 4.78 is 11.4. The summed E-state index contributed by atoms with van der Waals surface area (Å²) in [6, 6.07) is 5.92. The Bertz CT molecular complexity index is 1160. The van der Waals surface area contributed by atoms with E-state index < -0.39 is 18.1 Å². The standard InChI is InChI=1S/C25H32N4O5S/c1-14-10-20(35-21(14)12-29-6-4-5-7-29)25-27-24(28-34-25)17-8-15(2)22(16(3)9-17)33-13-18(30)11-19(31)23(26)32/h8-10,18-19,30-31H,4-7,11-13H2,1-3H3,(H2,26,32)/t18-,19?/m1/s1. The molecule has 3 heterocycles. The van der Waals surface area contributed by atoms with Gasteiger partial charge in [-0.05, 0) is 81.6 Å². The number of hydrogen-bond donors (Lipinski definition) is 3. The molecular weight excluding hydrogens is 468 g/mol. The number of carbonyl (C=O) groups is 1. The minimum Gasteiger partial charge on any atom is -0.490 e. The van der Waals surface area contributed by atoms with E-state index in [9.17, 15) is 15.0 Å². The van der Waals surface area contributed by atoms with E-state index in [1.165, 1.54) is 23.3 Å². The van der Waals surface area contributed by atoms with Gasteiger partial charge in [-0.1, -0.05) is 5.16 Å². The summed E-state index contributed by atoms with van der Waals surface area (Å²) in [7, 11) is 0.